The van der Waals surface area contributed by atoms with Crippen LogP contribution < -0.4 is 11.1 Å². The van der Waals surface area contributed by atoms with Gasteiger partial charge in [-0.1, -0.05) is 23.7 Å². The minimum Gasteiger partial charge on any atom is -0.480 e. The molecule has 1 atom stereocenters. The summed E-state index contributed by atoms with van der Waals surface area (Å²) in [5.41, 5.74) is 6.57. The number of halogens is 1. The number of carboxylic acid groups (broad SMARTS) is 1. The van der Waals surface area contributed by atoms with Crippen LogP contribution in [0.1, 0.15) is 12.0 Å². The van der Waals surface area contributed by atoms with Crippen LogP contribution >= 0.6 is 11.6 Å². The van der Waals surface area contributed by atoms with E-state index in [4.69, 9.17) is 22.4 Å². The monoisotopic (exact) mass is 256 g/mol. The van der Waals surface area contributed by atoms with Crippen LogP contribution in [-0.2, 0) is 11.2 Å². The first-order chi connectivity index (χ1) is 8.09. The lowest BCUT2D eigenvalue weighted by molar-refractivity contribution is -0.138. The van der Waals surface area contributed by atoms with Gasteiger partial charge in [0.15, 0.2) is 0 Å². The van der Waals surface area contributed by atoms with Gasteiger partial charge in [-0.25, -0.2) is 0 Å². The summed E-state index contributed by atoms with van der Waals surface area (Å²) in [4.78, 5) is 10.5. The number of nitrogens with two attached hydrogens (primary N) is 1. The van der Waals surface area contributed by atoms with E-state index < -0.39 is 12.0 Å². The number of rotatable bonds is 7. The van der Waals surface area contributed by atoms with Gasteiger partial charge in [0.1, 0.15) is 6.04 Å². The summed E-state index contributed by atoms with van der Waals surface area (Å²) in [5, 5.41) is 12.5. The second kappa shape index (κ2) is 7.27. The molecule has 0 fully saturated rings. The SMILES string of the molecule is NC(CCNCCc1ccc(Cl)cc1)C(=O)O. The summed E-state index contributed by atoms with van der Waals surface area (Å²) in [7, 11) is 0. The van der Waals surface area contributed by atoms with Crippen LogP contribution in [-0.4, -0.2) is 30.2 Å². The third kappa shape index (κ3) is 5.68. The van der Waals surface area contributed by atoms with Crippen molar-refractivity contribution in [2.24, 2.45) is 5.73 Å². The molecule has 0 spiro atoms. The molecule has 5 heteroatoms. The van der Waals surface area contributed by atoms with Crippen molar-refractivity contribution in [3.8, 4) is 0 Å². The van der Waals surface area contributed by atoms with Gasteiger partial charge in [-0.2, -0.15) is 0 Å². The smallest absolute Gasteiger partial charge is 0.320 e. The topological polar surface area (TPSA) is 75.3 Å². The van der Waals surface area contributed by atoms with Gasteiger partial charge in [-0.3, -0.25) is 4.79 Å². The van der Waals surface area contributed by atoms with Crippen LogP contribution in [0, 0.1) is 0 Å². The van der Waals surface area contributed by atoms with Gasteiger partial charge in [0, 0.05) is 5.02 Å². The van der Waals surface area contributed by atoms with Crippen molar-refractivity contribution in [3.63, 3.8) is 0 Å². The van der Waals surface area contributed by atoms with E-state index >= 15 is 0 Å². The molecule has 1 unspecified atom stereocenters. The fourth-order valence-electron chi connectivity index (χ4n) is 1.39. The number of hydrogen-bond donors (Lipinski definition) is 3. The lowest BCUT2D eigenvalue weighted by Crippen LogP contribution is -2.34. The van der Waals surface area contributed by atoms with E-state index in [1.807, 2.05) is 24.3 Å². The van der Waals surface area contributed by atoms with Gasteiger partial charge < -0.3 is 16.2 Å². The summed E-state index contributed by atoms with van der Waals surface area (Å²) in [6.45, 7) is 1.41. The van der Waals surface area contributed by atoms with Gasteiger partial charge in [-0.15, -0.1) is 0 Å². The zero-order valence-corrected chi connectivity index (χ0v) is 10.3. The highest BCUT2D eigenvalue weighted by molar-refractivity contribution is 6.30. The zero-order chi connectivity index (χ0) is 12.7. The Morgan fingerprint density at radius 1 is 1.35 bits per heavy atom. The molecule has 1 rings (SSSR count). The molecule has 0 aliphatic rings. The highest BCUT2D eigenvalue weighted by Crippen LogP contribution is 2.09. The Morgan fingerprint density at radius 2 is 2.00 bits per heavy atom. The van der Waals surface area contributed by atoms with E-state index in [1.54, 1.807) is 0 Å². The van der Waals surface area contributed by atoms with Crippen molar-refractivity contribution in [1.82, 2.24) is 5.32 Å². The van der Waals surface area contributed by atoms with Crippen LogP contribution in [0.2, 0.25) is 5.02 Å². The third-order valence-corrected chi connectivity index (χ3v) is 2.71. The van der Waals surface area contributed by atoms with Crippen molar-refractivity contribution in [3.05, 3.63) is 34.9 Å². The second-order valence-corrected chi connectivity index (χ2v) is 4.30. The first kappa shape index (κ1) is 14.0. The number of hydrogen-bond acceptors (Lipinski definition) is 3. The lowest BCUT2D eigenvalue weighted by Gasteiger charge is -2.07. The summed E-state index contributed by atoms with van der Waals surface area (Å²) in [5.74, 6) is -0.954. The summed E-state index contributed by atoms with van der Waals surface area (Å²) >= 11 is 5.77. The van der Waals surface area contributed by atoms with Crippen molar-refractivity contribution >= 4 is 17.6 Å². The van der Waals surface area contributed by atoms with Crippen LogP contribution in [0.5, 0.6) is 0 Å². The molecule has 0 aromatic heterocycles. The zero-order valence-electron chi connectivity index (χ0n) is 9.53. The summed E-state index contributed by atoms with van der Waals surface area (Å²) < 4.78 is 0. The molecule has 1 aromatic carbocycles. The lowest BCUT2D eigenvalue weighted by atomic mass is 10.1. The summed E-state index contributed by atoms with van der Waals surface area (Å²) in [6.07, 6.45) is 1.33. The van der Waals surface area contributed by atoms with Crippen LogP contribution in [0.25, 0.3) is 0 Å². The molecule has 0 aliphatic carbocycles. The largest absolute Gasteiger partial charge is 0.480 e. The highest BCUT2D eigenvalue weighted by atomic mass is 35.5. The molecule has 4 N–H and O–H groups in total. The maximum atomic E-state index is 10.5. The molecule has 94 valence electrons. The molecule has 0 saturated heterocycles. The maximum Gasteiger partial charge on any atom is 0.320 e. The van der Waals surface area contributed by atoms with E-state index in [9.17, 15) is 4.79 Å². The van der Waals surface area contributed by atoms with Gasteiger partial charge in [0.05, 0.1) is 0 Å². The normalized spacial score (nSPS) is 12.4. The van der Waals surface area contributed by atoms with E-state index in [1.165, 1.54) is 5.56 Å². The molecular weight excluding hydrogens is 240 g/mol. The van der Waals surface area contributed by atoms with E-state index in [0.29, 0.717) is 13.0 Å². The number of carbonyl (C=O) groups is 1. The Kier molecular flexibility index (Phi) is 5.97. The minimum absolute atomic E-state index is 0.440. The van der Waals surface area contributed by atoms with Gasteiger partial charge in [-0.05, 0) is 43.6 Å². The molecule has 0 saturated carbocycles. The Morgan fingerprint density at radius 3 is 2.59 bits per heavy atom. The van der Waals surface area contributed by atoms with Crippen molar-refractivity contribution in [2.75, 3.05) is 13.1 Å². The Hall–Kier alpha value is -1.10. The predicted octanol–water partition coefficient (Wildman–Crippen LogP) is 1.27. The number of benzene rings is 1. The number of aliphatic carboxylic acids is 1. The Labute approximate surface area is 106 Å². The van der Waals surface area contributed by atoms with Gasteiger partial charge in [0.25, 0.3) is 0 Å². The van der Waals surface area contributed by atoms with E-state index in [2.05, 4.69) is 5.32 Å². The average Bonchev–Trinajstić information content (AvgIpc) is 2.30. The number of nitrogens with one attached hydrogen (secondary N) is 1. The Bertz CT molecular complexity index is 354. The molecule has 4 nitrogen and oxygen atoms in total. The fraction of sp³-hybridized carbons (Fsp3) is 0.417. The molecule has 0 aliphatic heterocycles. The molecule has 0 heterocycles. The first-order valence-corrected chi connectivity index (χ1v) is 5.91. The molecule has 0 amide bonds. The Balaban J connectivity index is 2.12. The van der Waals surface area contributed by atoms with Crippen molar-refractivity contribution < 1.29 is 9.90 Å². The molecule has 0 radical (unpaired) electrons. The molecular formula is C12H17ClN2O2. The van der Waals surface area contributed by atoms with Gasteiger partial charge in [0.2, 0.25) is 0 Å². The third-order valence-electron chi connectivity index (χ3n) is 2.45. The molecule has 17 heavy (non-hydrogen) atoms. The standard InChI is InChI=1S/C12H17ClN2O2/c13-10-3-1-9(2-4-10)5-7-15-8-6-11(14)12(16)17/h1-4,11,15H,5-8,14H2,(H,16,17). The van der Waals surface area contributed by atoms with Crippen molar-refractivity contribution in [1.29, 1.82) is 0 Å². The van der Waals surface area contributed by atoms with Crippen LogP contribution in [0.15, 0.2) is 24.3 Å². The van der Waals surface area contributed by atoms with Gasteiger partial charge >= 0.3 is 5.97 Å². The minimum atomic E-state index is -0.954. The quantitative estimate of drug-likeness (QED) is 0.643. The first-order valence-electron chi connectivity index (χ1n) is 5.53. The van der Waals surface area contributed by atoms with Crippen LogP contribution in [0.3, 0.4) is 0 Å². The molecule has 1 aromatic rings. The molecule has 0 bridgehead atoms. The highest BCUT2D eigenvalue weighted by Gasteiger charge is 2.09. The van der Waals surface area contributed by atoms with E-state index in [-0.39, 0.29) is 0 Å². The van der Waals surface area contributed by atoms with Crippen LogP contribution in [0.4, 0.5) is 0 Å². The maximum absolute atomic E-state index is 10.5. The predicted molar refractivity (Wildman–Crippen MR) is 68.3 cm³/mol. The van der Waals surface area contributed by atoms with E-state index in [0.717, 1.165) is 18.0 Å². The number of carboxylic acids is 1. The fourth-order valence-corrected chi connectivity index (χ4v) is 1.52. The van der Waals surface area contributed by atoms with Crippen molar-refractivity contribution in [2.45, 2.75) is 18.9 Å². The second-order valence-electron chi connectivity index (χ2n) is 3.86. The summed E-state index contributed by atoms with van der Waals surface area (Å²) in [6, 6.07) is 6.90. The average molecular weight is 257 g/mol.